The first kappa shape index (κ1) is 22.2. The van der Waals surface area contributed by atoms with E-state index < -0.39 is 10.0 Å². The molecule has 1 amide bonds. The van der Waals surface area contributed by atoms with Crippen LogP contribution < -0.4 is 5.32 Å². The Morgan fingerprint density at radius 2 is 1.93 bits per heavy atom. The fourth-order valence-corrected chi connectivity index (χ4v) is 5.75. The second-order valence-electron chi connectivity index (χ2n) is 7.31. The number of amides is 1. The van der Waals surface area contributed by atoms with E-state index in [1.807, 2.05) is 28.8 Å². The van der Waals surface area contributed by atoms with Crippen LogP contribution in [0.4, 0.5) is 5.69 Å². The summed E-state index contributed by atoms with van der Waals surface area (Å²) in [6.45, 7) is 1.89. The molecule has 1 fully saturated rings. The Hall–Kier alpha value is -1.45. The highest BCUT2D eigenvalue weighted by Crippen LogP contribution is 2.28. The van der Waals surface area contributed by atoms with E-state index in [0.29, 0.717) is 30.3 Å². The zero-order valence-electron chi connectivity index (χ0n) is 16.4. The number of halogens is 1. The lowest BCUT2D eigenvalue weighted by Gasteiger charge is -2.21. The van der Waals surface area contributed by atoms with Gasteiger partial charge in [-0.2, -0.15) is 15.6 Å². The number of rotatable bonds is 7. The monoisotopic (exact) mass is 455 g/mol. The summed E-state index contributed by atoms with van der Waals surface area (Å²) in [6, 6.07) is 6.50. The first-order valence-electron chi connectivity index (χ1n) is 9.65. The van der Waals surface area contributed by atoms with Crippen LogP contribution in [-0.2, 0) is 21.4 Å². The van der Waals surface area contributed by atoms with Gasteiger partial charge in [0.1, 0.15) is 0 Å². The van der Waals surface area contributed by atoms with Gasteiger partial charge in [0, 0.05) is 19.6 Å². The van der Waals surface area contributed by atoms with Crippen LogP contribution in [-0.4, -0.2) is 50.2 Å². The normalized spacial score (nSPS) is 16.0. The Bertz CT molecular complexity index is 924. The minimum absolute atomic E-state index is 0.158. The maximum Gasteiger partial charge on any atom is 0.243 e. The number of likely N-dealkylation sites (N-methyl/N-ethyl adjacent to an activating group) is 1. The van der Waals surface area contributed by atoms with Gasteiger partial charge < -0.3 is 5.32 Å². The zero-order valence-corrected chi connectivity index (χ0v) is 18.8. The Morgan fingerprint density at radius 1 is 1.21 bits per heavy atom. The molecule has 0 bridgehead atoms. The van der Waals surface area contributed by atoms with Crippen LogP contribution >= 0.6 is 22.9 Å². The Kier molecular flexibility index (Phi) is 7.70. The third-order valence-electron chi connectivity index (χ3n) is 4.86. The first-order valence-corrected chi connectivity index (χ1v) is 12.4. The molecule has 0 saturated carbocycles. The van der Waals surface area contributed by atoms with Gasteiger partial charge in [-0.25, -0.2) is 8.42 Å². The van der Waals surface area contributed by atoms with E-state index in [4.69, 9.17) is 11.6 Å². The molecule has 0 atom stereocenters. The largest absolute Gasteiger partial charge is 0.324 e. The predicted molar refractivity (Wildman–Crippen MR) is 118 cm³/mol. The van der Waals surface area contributed by atoms with Crippen molar-refractivity contribution in [2.75, 3.05) is 32.0 Å². The Balaban J connectivity index is 1.69. The summed E-state index contributed by atoms with van der Waals surface area (Å²) in [6.07, 6.45) is 3.83. The van der Waals surface area contributed by atoms with Gasteiger partial charge in [0.25, 0.3) is 0 Å². The fourth-order valence-electron chi connectivity index (χ4n) is 3.38. The van der Waals surface area contributed by atoms with Crippen molar-refractivity contribution < 1.29 is 13.2 Å². The maximum absolute atomic E-state index is 13.0. The highest BCUT2D eigenvalue weighted by atomic mass is 35.5. The summed E-state index contributed by atoms with van der Waals surface area (Å²) in [7, 11) is -1.74. The zero-order chi connectivity index (χ0) is 20.9. The number of hydrogen-bond donors (Lipinski definition) is 1. The number of carbonyl (C=O) groups excluding carboxylic acids is 1. The van der Waals surface area contributed by atoms with E-state index in [0.717, 1.165) is 31.2 Å². The number of thiophene rings is 1. The summed E-state index contributed by atoms with van der Waals surface area (Å²) in [5, 5.41) is 7.11. The summed E-state index contributed by atoms with van der Waals surface area (Å²) in [5.41, 5.74) is 1.46. The fraction of sp³-hybridized carbons (Fsp3) is 0.450. The van der Waals surface area contributed by atoms with E-state index in [-0.39, 0.29) is 17.3 Å². The quantitative estimate of drug-likeness (QED) is 0.684. The summed E-state index contributed by atoms with van der Waals surface area (Å²) >= 11 is 7.83. The van der Waals surface area contributed by atoms with Crippen molar-refractivity contribution in [3.8, 4) is 0 Å². The van der Waals surface area contributed by atoms with Crippen LogP contribution in [0.2, 0.25) is 5.02 Å². The molecule has 3 rings (SSSR count). The van der Waals surface area contributed by atoms with Crippen molar-refractivity contribution in [2.45, 2.75) is 37.1 Å². The number of benzene rings is 1. The average molecular weight is 456 g/mol. The van der Waals surface area contributed by atoms with Gasteiger partial charge in [0.15, 0.2) is 0 Å². The average Bonchev–Trinajstić information content (AvgIpc) is 3.01. The van der Waals surface area contributed by atoms with Crippen LogP contribution in [0.5, 0.6) is 0 Å². The van der Waals surface area contributed by atoms with Crippen molar-refractivity contribution in [3.05, 3.63) is 45.6 Å². The molecule has 6 nitrogen and oxygen atoms in total. The molecule has 0 unspecified atom stereocenters. The molecule has 2 aromatic rings. The topological polar surface area (TPSA) is 69.7 Å². The number of anilines is 1. The summed E-state index contributed by atoms with van der Waals surface area (Å²) < 4.78 is 27.5. The minimum atomic E-state index is -3.60. The van der Waals surface area contributed by atoms with E-state index in [2.05, 4.69) is 5.32 Å². The lowest BCUT2D eigenvalue weighted by atomic mass is 10.2. The highest BCUT2D eigenvalue weighted by Gasteiger charge is 2.26. The molecule has 0 spiro atoms. The minimum Gasteiger partial charge on any atom is -0.324 e. The van der Waals surface area contributed by atoms with Gasteiger partial charge in [-0.1, -0.05) is 24.4 Å². The van der Waals surface area contributed by atoms with Gasteiger partial charge in [0.2, 0.25) is 15.9 Å². The third kappa shape index (κ3) is 6.02. The van der Waals surface area contributed by atoms with Crippen molar-refractivity contribution in [1.82, 2.24) is 9.21 Å². The van der Waals surface area contributed by atoms with E-state index in [1.165, 1.54) is 22.5 Å². The molecule has 158 valence electrons. The van der Waals surface area contributed by atoms with Crippen LogP contribution in [0.15, 0.2) is 39.9 Å². The molecule has 1 aromatic carbocycles. The molecule has 1 aliphatic heterocycles. The van der Waals surface area contributed by atoms with E-state index in [9.17, 15) is 13.2 Å². The van der Waals surface area contributed by atoms with Crippen molar-refractivity contribution in [3.63, 3.8) is 0 Å². The van der Waals surface area contributed by atoms with Gasteiger partial charge in [-0.05, 0) is 60.5 Å². The highest BCUT2D eigenvalue weighted by molar-refractivity contribution is 7.89. The maximum atomic E-state index is 13.0. The molecule has 29 heavy (non-hydrogen) atoms. The molecule has 1 aromatic heterocycles. The second kappa shape index (κ2) is 10.0. The number of hydrogen-bond acceptors (Lipinski definition) is 5. The third-order valence-corrected chi connectivity index (χ3v) is 7.82. The molecule has 0 radical (unpaired) electrons. The second-order valence-corrected chi connectivity index (χ2v) is 10.4. The lowest BCUT2D eigenvalue weighted by molar-refractivity contribution is -0.117. The Morgan fingerprint density at radius 3 is 2.59 bits per heavy atom. The van der Waals surface area contributed by atoms with Crippen molar-refractivity contribution >= 4 is 44.6 Å². The molecule has 1 saturated heterocycles. The molecule has 0 aliphatic carbocycles. The van der Waals surface area contributed by atoms with Crippen LogP contribution in [0, 0.1) is 0 Å². The smallest absolute Gasteiger partial charge is 0.243 e. The SMILES string of the molecule is CN(CC(=O)Nc1cc(S(=O)(=O)N2CCCCCC2)ccc1Cl)Cc1ccsc1. The molecular formula is C20H26ClN3O3S2. The van der Waals surface area contributed by atoms with E-state index in [1.54, 1.807) is 11.3 Å². The predicted octanol–water partition coefficient (Wildman–Crippen LogP) is 4.04. The van der Waals surface area contributed by atoms with Crippen molar-refractivity contribution in [2.24, 2.45) is 0 Å². The Labute approximate surface area is 181 Å². The van der Waals surface area contributed by atoms with Gasteiger partial charge >= 0.3 is 0 Å². The molecule has 9 heteroatoms. The van der Waals surface area contributed by atoms with Gasteiger partial charge in [0.05, 0.1) is 22.2 Å². The van der Waals surface area contributed by atoms with Gasteiger partial charge in [-0.15, -0.1) is 0 Å². The molecular weight excluding hydrogens is 430 g/mol. The van der Waals surface area contributed by atoms with Crippen LogP contribution in [0.25, 0.3) is 0 Å². The number of sulfonamides is 1. The summed E-state index contributed by atoms with van der Waals surface area (Å²) in [5.74, 6) is -0.242. The lowest BCUT2D eigenvalue weighted by Crippen LogP contribution is -2.32. The number of carbonyl (C=O) groups is 1. The molecule has 2 heterocycles. The molecule has 1 aliphatic rings. The summed E-state index contributed by atoms with van der Waals surface area (Å²) in [4.78, 5) is 14.5. The van der Waals surface area contributed by atoms with Gasteiger partial charge in [-0.3, -0.25) is 9.69 Å². The van der Waals surface area contributed by atoms with Crippen LogP contribution in [0.1, 0.15) is 31.2 Å². The van der Waals surface area contributed by atoms with E-state index >= 15 is 0 Å². The van der Waals surface area contributed by atoms with Crippen LogP contribution in [0.3, 0.4) is 0 Å². The first-order chi connectivity index (χ1) is 13.9. The standard InChI is InChI=1S/C20H26ClN3O3S2/c1-23(13-16-8-11-28-15-16)14-20(25)22-19-12-17(6-7-18(19)21)29(26,27)24-9-4-2-3-5-10-24/h6-8,11-12,15H,2-5,9-10,13-14H2,1H3,(H,22,25). The number of nitrogens with one attached hydrogen (secondary N) is 1. The van der Waals surface area contributed by atoms with Crippen molar-refractivity contribution in [1.29, 1.82) is 0 Å². The number of nitrogens with zero attached hydrogens (tertiary/aromatic N) is 2. The molecule has 1 N–H and O–H groups in total.